The van der Waals surface area contributed by atoms with Gasteiger partial charge in [-0.1, -0.05) is 54.6 Å². The summed E-state index contributed by atoms with van der Waals surface area (Å²) in [5.74, 6) is 1.86. The van der Waals surface area contributed by atoms with Gasteiger partial charge in [0.05, 0.1) is 17.9 Å². The molecule has 182 valence electrons. The molecule has 1 aliphatic rings. The van der Waals surface area contributed by atoms with Gasteiger partial charge >= 0.3 is 5.97 Å². The zero-order valence-electron chi connectivity index (χ0n) is 20.0. The highest BCUT2D eigenvalue weighted by Gasteiger charge is 2.36. The van der Waals surface area contributed by atoms with Crippen LogP contribution in [0.1, 0.15) is 12.5 Å². The Morgan fingerprint density at radius 2 is 1.39 bits per heavy atom. The van der Waals surface area contributed by atoms with Crippen LogP contribution in [0.2, 0.25) is 0 Å². The second-order valence-electron chi connectivity index (χ2n) is 8.81. The smallest absolute Gasteiger partial charge is 0.348 e. The van der Waals surface area contributed by atoms with Crippen molar-refractivity contribution in [2.24, 2.45) is 0 Å². The fourth-order valence-corrected chi connectivity index (χ4v) is 4.27. The number of carboxylic acids is 1. The summed E-state index contributed by atoms with van der Waals surface area (Å²) in [7, 11) is 0. The largest absolute Gasteiger partial charge is 0.492 e. The van der Waals surface area contributed by atoms with Crippen molar-refractivity contribution in [1.82, 2.24) is 0 Å². The maximum Gasteiger partial charge on any atom is 0.348 e. The minimum atomic E-state index is -1.39. The standard InChI is InChI=1S/C30H27NO5/c1-30(29(32)33,36-24-9-3-2-4-10-24)21-22-15-17-23(18-16-22)34-20-19-31-25-11-5-7-13-27(25)35-28-14-8-6-12-26(28)31/h2-18H,19-21H2,1H3,(H,32,33). The van der Waals surface area contributed by atoms with Crippen LogP contribution >= 0.6 is 0 Å². The molecule has 0 saturated carbocycles. The lowest BCUT2D eigenvalue weighted by molar-refractivity contribution is -0.153. The first-order valence-corrected chi connectivity index (χ1v) is 11.8. The zero-order chi connectivity index (χ0) is 25.0. The van der Waals surface area contributed by atoms with E-state index in [1.165, 1.54) is 0 Å². The van der Waals surface area contributed by atoms with Gasteiger partial charge in [0, 0.05) is 6.42 Å². The molecule has 36 heavy (non-hydrogen) atoms. The second kappa shape index (κ2) is 10.0. The molecule has 6 nitrogen and oxygen atoms in total. The van der Waals surface area contributed by atoms with E-state index in [2.05, 4.69) is 4.90 Å². The molecule has 1 unspecified atom stereocenters. The van der Waals surface area contributed by atoms with Gasteiger partial charge in [-0.2, -0.15) is 0 Å². The second-order valence-corrected chi connectivity index (χ2v) is 8.81. The quantitative estimate of drug-likeness (QED) is 0.295. The summed E-state index contributed by atoms with van der Waals surface area (Å²) < 4.78 is 17.9. The molecule has 1 heterocycles. The molecule has 1 N–H and O–H groups in total. The SMILES string of the molecule is CC(Cc1ccc(OCCN2c3ccccc3Oc3ccccc32)cc1)(Oc1ccccc1)C(=O)O. The highest BCUT2D eigenvalue weighted by atomic mass is 16.5. The van der Waals surface area contributed by atoms with Crippen molar-refractivity contribution in [2.45, 2.75) is 18.9 Å². The minimum absolute atomic E-state index is 0.221. The number of para-hydroxylation sites is 5. The first kappa shape index (κ1) is 23.3. The van der Waals surface area contributed by atoms with Gasteiger partial charge in [-0.05, 0) is 61.0 Å². The van der Waals surface area contributed by atoms with E-state index in [9.17, 15) is 9.90 Å². The predicted octanol–water partition coefficient (Wildman–Crippen LogP) is 6.47. The number of nitrogens with zero attached hydrogens (tertiary/aromatic N) is 1. The monoisotopic (exact) mass is 481 g/mol. The zero-order valence-corrected chi connectivity index (χ0v) is 20.0. The predicted molar refractivity (Wildman–Crippen MR) is 139 cm³/mol. The molecule has 1 atom stereocenters. The van der Waals surface area contributed by atoms with E-state index in [0.29, 0.717) is 18.9 Å². The highest BCUT2D eigenvalue weighted by molar-refractivity contribution is 5.78. The van der Waals surface area contributed by atoms with Gasteiger partial charge in [0.15, 0.2) is 11.5 Å². The summed E-state index contributed by atoms with van der Waals surface area (Å²) in [6, 6.07) is 32.4. The number of hydrogen-bond donors (Lipinski definition) is 1. The van der Waals surface area contributed by atoms with Gasteiger partial charge in [-0.15, -0.1) is 0 Å². The molecular formula is C30H27NO5. The fraction of sp³-hybridized carbons (Fsp3) is 0.167. The molecule has 4 aromatic carbocycles. The topological polar surface area (TPSA) is 68.2 Å². The first-order chi connectivity index (χ1) is 17.5. The van der Waals surface area contributed by atoms with Gasteiger partial charge in [-0.25, -0.2) is 4.79 Å². The highest BCUT2D eigenvalue weighted by Crippen LogP contribution is 2.45. The van der Waals surface area contributed by atoms with Crippen molar-refractivity contribution >= 4 is 17.3 Å². The first-order valence-electron chi connectivity index (χ1n) is 11.8. The summed E-state index contributed by atoms with van der Waals surface area (Å²) in [5.41, 5.74) is 1.46. The normalized spacial score (nSPS) is 13.5. The number of benzene rings is 4. The van der Waals surface area contributed by atoms with Gasteiger partial charge in [0.1, 0.15) is 18.1 Å². The Morgan fingerprint density at radius 3 is 2.00 bits per heavy atom. The molecule has 0 radical (unpaired) electrons. The van der Waals surface area contributed by atoms with E-state index >= 15 is 0 Å². The van der Waals surface area contributed by atoms with E-state index in [4.69, 9.17) is 14.2 Å². The maximum absolute atomic E-state index is 12.0. The van der Waals surface area contributed by atoms with Crippen molar-refractivity contribution in [3.05, 3.63) is 109 Å². The fourth-order valence-electron chi connectivity index (χ4n) is 4.27. The van der Waals surface area contributed by atoms with E-state index in [1.54, 1.807) is 19.1 Å². The van der Waals surface area contributed by atoms with Crippen molar-refractivity contribution in [2.75, 3.05) is 18.1 Å². The third-order valence-electron chi connectivity index (χ3n) is 6.12. The third-order valence-corrected chi connectivity index (χ3v) is 6.12. The average molecular weight is 482 g/mol. The summed E-state index contributed by atoms with van der Waals surface area (Å²) in [4.78, 5) is 14.2. The van der Waals surface area contributed by atoms with Crippen molar-refractivity contribution < 1.29 is 24.1 Å². The molecule has 0 aliphatic carbocycles. The molecule has 0 spiro atoms. The van der Waals surface area contributed by atoms with E-state index in [-0.39, 0.29) is 6.42 Å². The van der Waals surface area contributed by atoms with Crippen LogP contribution in [-0.4, -0.2) is 29.8 Å². The number of aliphatic carboxylic acids is 1. The van der Waals surface area contributed by atoms with E-state index in [1.807, 2.05) is 91.0 Å². The number of carbonyl (C=O) groups is 1. The molecule has 0 bridgehead atoms. The molecular weight excluding hydrogens is 454 g/mol. The average Bonchev–Trinajstić information content (AvgIpc) is 2.89. The van der Waals surface area contributed by atoms with Crippen LogP contribution in [0.4, 0.5) is 11.4 Å². The van der Waals surface area contributed by atoms with Crippen molar-refractivity contribution in [1.29, 1.82) is 0 Å². The lowest BCUT2D eigenvalue weighted by Crippen LogP contribution is -2.43. The van der Waals surface area contributed by atoms with Crippen LogP contribution in [0.5, 0.6) is 23.0 Å². The number of fused-ring (bicyclic) bond motifs is 2. The number of ether oxygens (including phenoxy) is 3. The van der Waals surface area contributed by atoms with Gasteiger partial charge in [-0.3, -0.25) is 0 Å². The maximum atomic E-state index is 12.0. The summed E-state index contributed by atoms with van der Waals surface area (Å²) in [5, 5.41) is 9.83. The number of anilines is 2. The van der Waals surface area contributed by atoms with Crippen molar-refractivity contribution in [3.63, 3.8) is 0 Å². The van der Waals surface area contributed by atoms with Crippen molar-refractivity contribution in [3.8, 4) is 23.0 Å². The Morgan fingerprint density at radius 1 is 0.806 bits per heavy atom. The summed E-state index contributed by atoms with van der Waals surface area (Å²) >= 11 is 0. The Hall–Kier alpha value is -4.45. The molecule has 4 aromatic rings. The van der Waals surface area contributed by atoms with Gasteiger partial charge < -0.3 is 24.2 Å². The summed E-state index contributed by atoms with van der Waals surface area (Å²) in [6.07, 6.45) is 0.221. The molecule has 1 aliphatic heterocycles. The number of hydrogen-bond acceptors (Lipinski definition) is 5. The minimum Gasteiger partial charge on any atom is -0.492 e. The Labute approximate surface area is 210 Å². The molecule has 0 amide bonds. The number of rotatable bonds is 9. The Bertz CT molecular complexity index is 1290. The molecule has 5 rings (SSSR count). The van der Waals surface area contributed by atoms with E-state index in [0.717, 1.165) is 34.2 Å². The van der Waals surface area contributed by atoms with Gasteiger partial charge in [0.25, 0.3) is 0 Å². The summed E-state index contributed by atoms with van der Waals surface area (Å²) in [6.45, 7) is 2.69. The molecule has 0 saturated heterocycles. The van der Waals surface area contributed by atoms with Crippen LogP contribution in [0.25, 0.3) is 0 Å². The van der Waals surface area contributed by atoms with Crippen LogP contribution < -0.4 is 19.1 Å². The van der Waals surface area contributed by atoms with Crippen LogP contribution in [0.3, 0.4) is 0 Å². The Kier molecular flexibility index (Phi) is 6.50. The lowest BCUT2D eigenvalue weighted by atomic mass is 9.96. The third kappa shape index (κ3) is 4.98. The lowest BCUT2D eigenvalue weighted by Gasteiger charge is -2.32. The Balaban J connectivity index is 1.23. The number of carboxylic acid groups (broad SMARTS) is 1. The van der Waals surface area contributed by atoms with Gasteiger partial charge in [0.2, 0.25) is 5.60 Å². The van der Waals surface area contributed by atoms with Crippen LogP contribution in [0.15, 0.2) is 103 Å². The van der Waals surface area contributed by atoms with Crippen LogP contribution in [-0.2, 0) is 11.2 Å². The van der Waals surface area contributed by atoms with E-state index < -0.39 is 11.6 Å². The molecule has 0 aromatic heterocycles. The molecule has 0 fully saturated rings. The van der Waals surface area contributed by atoms with Crippen LogP contribution in [0, 0.1) is 0 Å². The molecule has 6 heteroatoms.